The van der Waals surface area contributed by atoms with Gasteiger partial charge in [0.2, 0.25) is 5.75 Å². The van der Waals surface area contributed by atoms with E-state index in [0.717, 1.165) is 6.07 Å². The molecule has 0 spiro atoms. The third-order valence-electron chi connectivity index (χ3n) is 1.60. The summed E-state index contributed by atoms with van der Waals surface area (Å²) in [5, 5.41) is 19.6. The van der Waals surface area contributed by atoms with Crippen molar-refractivity contribution in [3.8, 4) is 5.75 Å². The van der Waals surface area contributed by atoms with Gasteiger partial charge in [0.1, 0.15) is 20.7 Å². The van der Waals surface area contributed by atoms with Gasteiger partial charge in [0.25, 0.3) is 0 Å². The fourth-order valence-corrected chi connectivity index (χ4v) is 1.54. The summed E-state index contributed by atoms with van der Waals surface area (Å²) in [6.45, 7) is 0. The first-order chi connectivity index (χ1) is 6.75. The molecule has 0 aliphatic carbocycles. The Kier molecular flexibility index (Phi) is 4.34. The van der Waals surface area contributed by atoms with Crippen molar-refractivity contribution in [2.75, 3.05) is 5.73 Å². The van der Waals surface area contributed by atoms with Crippen molar-refractivity contribution in [3.05, 3.63) is 22.2 Å². The maximum absolute atomic E-state index is 10.6. The molecule has 0 atom stereocenters. The molecule has 1 aromatic carbocycles. The molecular formula is C6H5LiN2O6S. The van der Waals surface area contributed by atoms with Crippen molar-refractivity contribution < 1.29 is 41.9 Å². The Balaban J connectivity index is 0.00000225. The molecule has 0 saturated carbocycles. The van der Waals surface area contributed by atoms with Crippen LogP contribution in [0.4, 0.5) is 11.4 Å². The SMILES string of the molecule is Nc1ccc(S(=O)(=O)[O-])c(O)c1[N+](=O)[O-].[Li+]. The third-order valence-corrected chi connectivity index (χ3v) is 2.47. The minimum absolute atomic E-state index is 0. The van der Waals surface area contributed by atoms with E-state index in [1.807, 2.05) is 0 Å². The van der Waals surface area contributed by atoms with Crippen LogP contribution in [0.5, 0.6) is 5.75 Å². The van der Waals surface area contributed by atoms with Gasteiger partial charge in [-0.2, -0.15) is 0 Å². The van der Waals surface area contributed by atoms with Gasteiger partial charge in [-0.15, -0.1) is 0 Å². The number of hydrogen-bond donors (Lipinski definition) is 2. The summed E-state index contributed by atoms with van der Waals surface area (Å²) in [7, 11) is -4.97. The summed E-state index contributed by atoms with van der Waals surface area (Å²) < 4.78 is 31.7. The third kappa shape index (κ3) is 2.64. The first-order valence-corrected chi connectivity index (χ1v) is 4.87. The van der Waals surface area contributed by atoms with Crippen molar-refractivity contribution in [1.29, 1.82) is 0 Å². The molecule has 16 heavy (non-hydrogen) atoms. The van der Waals surface area contributed by atoms with Gasteiger partial charge in [0, 0.05) is 0 Å². The number of nitro benzene ring substituents is 1. The summed E-state index contributed by atoms with van der Waals surface area (Å²) in [6, 6.07) is 1.57. The van der Waals surface area contributed by atoms with Crippen LogP contribution in [0.15, 0.2) is 17.0 Å². The minimum atomic E-state index is -4.97. The first kappa shape index (κ1) is 14.7. The molecule has 8 nitrogen and oxygen atoms in total. The zero-order chi connectivity index (χ0) is 11.8. The number of aromatic hydroxyl groups is 1. The van der Waals surface area contributed by atoms with Gasteiger partial charge >= 0.3 is 24.5 Å². The molecule has 1 aromatic rings. The second-order valence-electron chi connectivity index (χ2n) is 2.56. The van der Waals surface area contributed by atoms with E-state index in [1.165, 1.54) is 0 Å². The maximum atomic E-state index is 10.6. The van der Waals surface area contributed by atoms with Crippen LogP contribution in [0.1, 0.15) is 0 Å². The van der Waals surface area contributed by atoms with E-state index in [1.54, 1.807) is 0 Å². The fraction of sp³-hybridized carbons (Fsp3) is 0. The Hall–Kier alpha value is -1.27. The average Bonchev–Trinajstić information content (AvgIpc) is 2.00. The molecule has 0 aromatic heterocycles. The van der Waals surface area contributed by atoms with E-state index >= 15 is 0 Å². The van der Waals surface area contributed by atoms with Crippen molar-refractivity contribution in [2.45, 2.75) is 4.90 Å². The minimum Gasteiger partial charge on any atom is -0.744 e. The maximum Gasteiger partial charge on any atom is 1.00 e. The normalized spacial score (nSPS) is 10.6. The van der Waals surface area contributed by atoms with E-state index in [9.17, 15) is 28.2 Å². The van der Waals surface area contributed by atoms with Gasteiger partial charge in [-0.3, -0.25) is 10.1 Å². The summed E-state index contributed by atoms with van der Waals surface area (Å²) in [6.07, 6.45) is 0. The first-order valence-electron chi connectivity index (χ1n) is 3.47. The standard InChI is InChI=1S/C6H6N2O6S.Li/c7-3-1-2-4(15(12,13)14)6(9)5(3)8(10)11;/h1-2,9H,7H2,(H,12,13,14);/q;+1/p-1. The van der Waals surface area contributed by atoms with E-state index in [4.69, 9.17) is 5.73 Å². The largest absolute Gasteiger partial charge is 1.00 e. The number of nitro groups is 1. The van der Waals surface area contributed by atoms with Gasteiger partial charge in [0.15, 0.2) is 0 Å². The number of benzene rings is 1. The number of phenolic OH excluding ortho intramolecular Hbond substituents is 1. The molecule has 1 rings (SSSR count). The number of nitrogens with two attached hydrogens (primary N) is 1. The number of anilines is 1. The molecule has 0 bridgehead atoms. The molecule has 0 aliphatic heterocycles. The van der Waals surface area contributed by atoms with Crippen molar-refractivity contribution in [2.24, 2.45) is 0 Å². The zero-order valence-corrected chi connectivity index (χ0v) is 8.89. The molecule has 0 heterocycles. The van der Waals surface area contributed by atoms with Gasteiger partial charge < -0.3 is 15.4 Å². The van der Waals surface area contributed by atoms with E-state index in [-0.39, 0.29) is 18.9 Å². The topological polar surface area (TPSA) is 147 Å². The van der Waals surface area contributed by atoms with Crippen LogP contribution in [-0.2, 0) is 10.1 Å². The number of nitrogens with zero attached hydrogens (tertiary/aromatic N) is 1. The van der Waals surface area contributed by atoms with Crippen LogP contribution in [0.3, 0.4) is 0 Å². The summed E-state index contributed by atoms with van der Waals surface area (Å²) in [5.74, 6) is -1.24. The molecule has 0 saturated heterocycles. The second-order valence-corrected chi connectivity index (χ2v) is 3.91. The Labute approximate surface area is 102 Å². The quantitative estimate of drug-likeness (QED) is 0.182. The number of phenols is 1. The van der Waals surface area contributed by atoms with E-state index in [0.29, 0.717) is 6.07 Å². The molecule has 82 valence electrons. The summed E-state index contributed by atoms with van der Waals surface area (Å²) in [5.41, 5.74) is 3.72. The molecule has 0 amide bonds. The number of rotatable bonds is 2. The van der Waals surface area contributed by atoms with Crippen molar-refractivity contribution >= 4 is 21.5 Å². The second kappa shape index (κ2) is 4.71. The molecule has 0 fully saturated rings. The Morgan fingerprint density at radius 2 is 1.88 bits per heavy atom. The van der Waals surface area contributed by atoms with Gasteiger partial charge in [-0.1, -0.05) is 0 Å². The summed E-state index contributed by atoms with van der Waals surface area (Å²) in [4.78, 5) is 8.25. The van der Waals surface area contributed by atoms with Crippen LogP contribution in [0.2, 0.25) is 0 Å². The Bertz CT molecular complexity index is 528. The van der Waals surface area contributed by atoms with Crippen molar-refractivity contribution in [1.82, 2.24) is 0 Å². The molecule has 10 heteroatoms. The Morgan fingerprint density at radius 1 is 1.38 bits per heavy atom. The van der Waals surface area contributed by atoms with Gasteiger partial charge in [-0.05, 0) is 12.1 Å². The zero-order valence-electron chi connectivity index (χ0n) is 8.08. The predicted octanol–water partition coefficient (Wildman–Crippen LogP) is -3.21. The fourth-order valence-electron chi connectivity index (χ4n) is 0.970. The average molecular weight is 240 g/mol. The molecule has 0 aliphatic rings. The number of hydrogen-bond acceptors (Lipinski definition) is 7. The molecular weight excluding hydrogens is 235 g/mol. The van der Waals surface area contributed by atoms with Crippen LogP contribution >= 0.6 is 0 Å². The van der Waals surface area contributed by atoms with Crippen LogP contribution in [-0.4, -0.2) is 23.0 Å². The molecule has 0 unspecified atom stereocenters. The molecule has 3 N–H and O–H groups in total. The smallest absolute Gasteiger partial charge is 0.744 e. The summed E-state index contributed by atoms with van der Waals surface area (Å²) >= 11 is 0. The van der Waals surface area contributed by atoms with Crippen LogP contribution in [0, 0.1) is 10.1 Å². The van der Waals surface area contributed by atoms with Crippen molar-refractivity contribution in [3.63, 3.8) is 0 Å². The molecule has 0 radical (unpaired) electrons. The van der Waals surface area contributed by atoms with E-state index < -0.39 is 37.1 Å². The van der Waals surface area contributed by atoms with Crippen LogP contribution < -0.4 is 24.6 Å². The Morgan fingerprint density at radius 3 is 2.25 bits per heavy atom. The van der Waals surface area contributed by atoms with Crippen LogP contribution in [0.25, 0.3) is 0 Å². The monoisotopic (exact) mass is 240 g/mol. The van der Waals surface area contributed by atoms with Gasteiger partial charge in [0.05, 0.1) is 4.92 Å². The van der Waals surface area contributed by atoms with Gasteiger partial charge in [-0.25, -0.2) is 8.42 Å². The predicted molar refractivity (Wildman–Crippen MR) is 47.1 cm³/mol. The van der Waals surface area contributed by atoms with E-state index in [2.05, 4.69) is 0 Å². The number of nitrogen functional groups attached to an aromatic ring is 1.